The van der Waals surface area contributed by atoms with E-state index in [0.717, 1.165) is 18.4 Å². The third kappa shape index (κ3) is 4.50. The molecule has 0 bridgehead atoms. The highest BCUT2D eigenvalue weighted by Gasteiger charge is 2.29. The number of rotatable bonds is 6. The average molecular weight is 421 g/mol. The van der Waals surface area contributed by atoms with Crippen LogP contribution in [0.1, 0.15) is 42.6 Å². The molecule has 0 unspecified atom stereocenters. The topological polar surface area (TPSA) is 66.5 Å². The monoisotopic (exact) mass is 420 g/mol. The van der Waals surface area contributed by atoms with Gasteiger partial charge in [-0.15, -0.1) is 0 Å². The zero-order chi connectivity index (χ0) is 20.3. The first-order valence-electron chi connectivity index (χ1n) is 9.48. The lowest BCUT2D eigenvalue weighted by Gasteiger charge is -2.30. The first-order valence-corrected chi connectivity index (χ1v) is 11.3. The maximum atomic E-state index is 13.1. The van der Waals surface area contributed by atoms with Gasteiger partial charge in [-0.2, -0.15) is 0 Å². The molecule has 0 atom stereocenters. The molecule has 1 amide bonds. The van der Waals surface area contributed by atoms with E-state index in [-0.39, 0.29) is 10.8 Å². The normalized spacial score (nSPS) is 14.1. The largest absolute Gasteiger partial charge is 0.352 e. The van der Waals surface area contributed by atoms with Crippen molar-refractivity contribution in [1.82, 2.24) is 5.32 Å². The Morgan fingerprint density at radius 3 is 2.57 bits per heavy atom. The number of fused-ring (bicyclic) bond motifs is 1. The Bertz CT molecular complexity index is 956. The van der Waals surface area contributed by atoms with Gasteiger partial charge in [0.25, 0.3) is 15.9 Å². The van der Waals surface area contributed by atoms with E-state index in [2.05, 4.69) is 19.2 Å². The van der Waals surface area contributed by atoms with Gasteiger partial charge in [-0.25, -0.2) is 8.42 Å². The van der Waals surface area contributed by atoms with Gasteiger partial charge < -0.3 is 5.32 Å². The number of nitrogens with zero attached hydrogens (tertiary/aromatic N) is 1. The van der Waals surface area contributed by atoms with Gasteiger partial charge >= 0.3 is 0 Å². The number of benzene rings is 2. The summed E-state index contributed by atoms with van der Waals surface area (Å²) in [5, 5.41) is 3.42. The van der Waals surface area contributed by atoms with Crippen LogP contribution in [0.2, 0.25) is 5.02 Å². The fourth-order valence-electron chi connectivity index (χ4n) is 3.26. The minimum absolute atomic E-state index is 0.124. The Kier molecular flexibility index (Phi) is 6.30. The average Bonchev–Trinajstić information content (AvgIpc) is 2.67. The number of carbonyl (C=O) groups excluding carboxylic acids is 1. The molecule has 0 saturated carbocycles. The van der Waals surface area contributed by atoms with Crippen molar-refractivity contribution in [2.75, 3.05) is 17.4 Å². The minimum atomic E-state index is -3.67. The molecule has 0 aliphatic carbocycles. The number of hydrogen-bond donors (Lipinski definition) is 1. The third-order valence-electron chi connectivity index (χ3n) is 4.83. The Morgan fingerprint density at radius 2 is 1.89 bits per heavy atom. The van der Waals surface area contributed by atoms with Gasteiger partial charge in [0.1, 0.15) is 0 Å². The summed E-state index contributed by atoms with van der Waals surface area (Å²) in [4.78, 5) is 12.6. The first kappa shape index (κ1) is 20.7. The molecule has 1 heterocycles. The Morgan fingerprint density at radius 1 is 1.18 bits per heavy atom. The molecule has 7 heteroatoms. The SMILES string of the molecule is CC(C)CCNC(=O)c1ccc2c(c1)CCCN2S(=O)(=O)c1ccc(Cl)cc1. The van der Waals surface area contributed by atoms with E-state index in [0.29, 0.717) is 41.7 Å². The first-order chi connectivity index (χ1) is 13.3. The summed E-state index contributed by atoms with van der Waals surface area (Å²) in [6, 6.07) is 11.4. The molecular formula is C21H25ClN2O3S. The molecule has 2 aromatic carbocycles. The van der Waals surface area contributed by atoms with E-state index in [9.17, 15) is 13.2 Å². The molecule has 0 radical (unpaired) electrons. The summed E-state index contributed by atoms with van der Waals surface area (Å²) in [7, 11) is -3.67. The molecular weight excluding hydrogens is 396 g/mol. The Balaban J connectivity index is 1.84. The molecule has 28 heavy (non-hydrogen) atoms. The van der Waals surface area contributed by atoms with E-state index in [1.54, 1.807) is 24.3 Å². The summed E-state index contributed by atoms with van der Waals surface area (Å²) in [5.41, 5.74) is 2.08. The van der Waals surface area contributed by atoms with E-state index < -0.39 is 10.0 Å². The fourth-order valence-corrected chi connectivity index (χ4v) is 4.93. The Hall–Kier alpha value is -2.05. The summed E-state index contributed by atoms with van der Waals surface area (Å²) < 4.78 is 27.6. The predicted molar refractivity (Wildman–Crippen MR) is 113 cm³/mol. The second-order valence-electron chi connectivity index (χ2n) is 7.42. The zero-order valence-electron chi connectivity index (χ0n) is 16.1. The van der Waals surface area contributed by atoms with Crippen molar-refractivity contribution in [3.8, 4) is 0 Å². The number of aryl methyl sites for hydroxylation is 1. The van der Waals surface area contributed by atoms with E-state index in [1.165, 1.54) is 16.4 Å². The van der Waals surface area contributed by atoms with Crippen molar-refractivity contribution in [3.63, 3.8) is 0 Å². The maximum Gasteiger partial charge on any atom is 0.264 e. The van der Waals surface area contributed by atoms with Crippen molar-refractivity contribution < 1.29 is 13.2 Å². The van der Waals surface area contributed by atoms with Gasteiger partial charge in [0.05, 0.1) is 10.6 Å². The zero-order valence-corrected chi connectivity index (χ0v) is 17.7. The van der Waals surface area contributed by atoms with Crippen LogP contribution in [0, 0.1) is 5.92 Å². The van der Waals surface area contributed by atoms with Crippen LogP contribution in [-0.4, -0.2) is 27.4 Å². The van der Waals surface area contributed by atoms with Gasteiger partial charge in [0.15, 0.2) is 0 Å². The molecule has 0 spiro atoms. The molecule has 2 aromatic rings. The molecule has 150 valence electrons. The van der Waals surface area contributed by atoms with Crippen molar-refractivity contribution >= 4 is 33.2 Å². The summed E-state index contributed by atoms with van der Waals surface area (Å²) in [6.45, 7) is 5.27. The molecule has 3 rings (SSSR count). The predicted octanol–water partition coefficient (Wildman–Crippen LogP) is 4.26. The van der Waals surface area contributed by atoms with E-state index >= 15 is 0 Å². The molecule has 1 aliphatic heterocycles. The van der Waals surface area contributed by atoms with Crippen LogP contribution < -0.4 is 9.62 Å². The number of hydrogen-bond acceptors (Lipinski definition) is 3. The Labute approximate surface area is 171 Å². The second-order valence-corrected chi connectivity index (χ2v) is 9.72. The lowest BCUT2D eigenvalue weighted by atomic mass is 10.0. The molecule has 0 fully saturated rings. The maximum absolute atomic E-state index is 13.1. The highest BCUT2D eigenvalue weighted by molar-refractivity contribution is 7.92. The second kappa shape index (κ2) is 8.53. The van der Waals surface area contributed by atoms with Gasteiger partial charge in [0, 0.05) is 23.7 Å². The smallest absolute Gasteiger partial charge is 0.264 e. The van der Waals surface area contributed by atoms with Crippen LogP contribution >= 0.6 is 11.6 Å². The quantitative estimate of drug-likeness (QED) is 0.759. The standard InChI is InChI=1S/C21H25ClN2O3S/c1-15(2)11-12-23-21(25)17-5-10-20-16(14-17)4-3-13-24(20)28(26,27)19-8-6-18(22)7-9-19/h5-10,14-15H,3-4,11-13H2,1-2H3,(H,23,25). The van der Waals surface area contributed by atoms with Gasteiger partial charge in [-0.05, 0) is 73.2 Å². The summed E-state index contributed by atoms with van der Waals surface area (Å²) in [6.07, 6.45) is 2.37. The highest BCUT2D eigenvalue weighted by Crippen LogP contribution is 2.33. The van der Waals surface area contributed by atoms with Crippen LogP contribution in [0.3, 0.4) is 0 Å². The molecule has 1 N–H and O–H groups in total. The summed E-state index contributed by atoms with van der Waals surface area (Å²) in [5.74, 6) is 0.400. The van der Waals surface area contributed by atoms with Crippen LogP contribution in [0.5, 0.6) is 0 Å². The summed E-state index contributed by atoms with van der Waals surface area (Å²) >= 11 is 5.88. The van der Waals surface area contributed by atoms with Crippen LogP contribution in [0.15, 0.2) is 47.4 Å². The van der Waals surface area contributed by atoms with Gasteiger partial charge in [-0.3, -0.25) is 9.10 Å². The lowest BCUT2D eigenvalue weighted by molar-refractivity contribution is 0.0952. The molecule has 5 nitrogen and oxygen atoms in total. The van der Waals surface area contributed by atoms with Crippen LogP contribution in [-0.2, 0) is 16.4 Å². The number of amides is 1. The number of carbonyl (C=O) groups is 1. The molecule has 1 aliphatic rings. The number of halogens is 1. The minimum Gasteiger partial charge on any atom is -0.352 e. The van der Waals surface area contributed by atoms with E-state index in [1.807, 2.05) is 6.07 Å². The molecule has 0 aromatic heterocycles. The van der Waals surface area contributed by atoms with Gasteiger partial charge in [-0.1, -0.05) is 25.4 Å². The van der Waals surface area contributed by atoms with Crippen molar-refractivity contribution in [2.45, 2.75) is 38.0 Å². The molecule has 0 saturated heterocycles. The van der Waals surface area contributed by atoms with Crippen LogP contribution in [0.25, 0.3) is 0 Å². The van der Waals surface area contributed by atoms with Crippen LogP contribution in [0.4, 0.5) is 5.69 Å². The third-order valence-corrected chi connectivity index (χ3v) is 6.91. The van der Waals surface area contributed by atoms with Crippen molar-refractivity contribution in [3.05, 3.63) is 58.6 Å². The number of sulfonamides is 1. The number of anilines is 1. The lowest BCUT2D eigenvalue weighted by Crippen LogP contribution is -2.35. The van der Waals surface area contributed by atoms with Crippen molar-refractivity contribution in [2.24, 2.45) is 5.92 Å². The highest BCUT2D eigenvalue weighted by atomic mass is 35.5. The fraction of sp³-hybridized carbons (Fsp3) is 0.381. The van der Waals surface area contributed by atoms with Gasteiger partial charge in [0.2, 0.25) is 0 Å². The van der Waals surface area contributed by atoms with Crippen molar-refractivity contribution in [1.29, 1.82) is 0 Å². The number of nitrogens with one attached hydrogen (secondary N) is 1. The van der Waals surface area contributed by atoms with E-state index in [4.69, 9.17) is 11.6 Å².